The van der Waals surface area contributed by atoms with Gasteiger partial charge < -0.3 is 14.7 Å². The average Bonchev–Trinajstić information content (AvgIpc) is 3.47. The molecule has 2 aliphatic heterocycles. The lowest BCUT2D eigenvalue weighted by atomic mass is 10.0. The zero-order valence-electron chi connectivity index (χ0n) is 19.0. The largest absolute Gasteiger partial charge is 0.416 e. The maximum atomic E-state index is 13.3. The van der Waals surface area contributed by atoms with Gasteiger partial charge in [-0.05, 0) is 68.4 Å². The van der Waals surface area contributed by atoms with Crippen molar-refractivity contribution in [2.45, 2.75) is 25.1 Å². The molecule has 0 saturated carbocycles. The fourth-order valence-corrected chi connectivity index (χ4v) is 5.72. The Hall–Kier alpha value is -2.91. The van der Waals surface area contributed by atoms with Crippen LogP contribution in [0.5, 0.6) is 0 Å². The van der Waals surface area contributed by atoms with Crippen molar-refractivity contribution >= 4 is 28.7 Å². The molecule has 0 radical (unpaired) electrons. The van der Waals surface area contributed by atoms with E-state index < -0.39 is 11.7 Å². The summed E-state index contributed by atoms with van der Waals surface area (Å²) < 4.78 is 38.6. The number of rotatable bonds is 4. The molecule has 34 heavy (non-hydrogen) atoms. The fourth-order valence-electron chi connectivity index (χ4n) is 4.56. The molecule has 1 fully saturated rings. The van der Waals surface area contributed by atoms with Gasteiger partial charge in [0.15, 0.2) is 0 Å². The van der Waals surface area contributed by atoms with E-state index >= 15 is 0 Å². The zero-order chi connectivity index (χ0) is 24.0. The Labute approximate surface area is 200 Å². The fraction of sp³-hybridized carbons (Fsp3) is 0.360. The Morgan fingerprint density at radius 3 is 2.47 bits per heavy atom. The molecule has 0 spiro atoms. The average molecular weight is 487 g/mol. The molecule has 178 valence electrons. The van der Waals surface area contributed by atoms with E-state index in [4.69, 9.17) is 0 Å². The number of benzene rings is 1. The van der Waals surface area contributed by atoms with Crippen molar-refractivity contribution in [1.29, 1.82) is 0 Å². The molecule has 5 nitrogen and oxygen atoms in total. The third kappa shape index (κ3) is 4.30. The van der Waals surface area contributed by atoms with Gasteiger partial charge in [-0.15, -0.1) is 11.3 Å². The number of nitrogens with zero attached hydrogens (tertiary/aromatic N) is 4. The number of amides is 1. The van der Waals surface area contributed by atoms with Crippen LogP contribution in [0.2, 0.25) is 0 Å². The van der Waals surface area contributed by atoms with Gasteiger partial charge >= 0.3 is 6.18 Å². The van der Waals surface area contributed by atoms with Crippen LogP contribution >= 0.6 is 11.3 Å². The Kier molecular flexibility index (Phi) is 5.85. The first kappa shape index (κ1) is 22.9. The van der Waals surface area contributed by atoms with Gasteiger partial charge in [0, 0.05) is 30.6 Å². The summed E-state index contributed by atoms with van der Waals surface area (Å²) in [5.74, 6) is 0.826. The second kappa shape index (κ2) is 8.70. The number of fused-ring (bicyclic) bond motifs is 1. The van der Waals surface area contributed by atoms with Gasteiger partial charge in [-0.3, -0.25) is 4.79 Å². The molecular formula is C25H25F3N4OS. The molecular weight excluding hydrogens is 461 g/mol. The number of anilines is 2. The number of alkyl halides is 3. The van der Waals surface area contributed by atoms with E-state index in [1.165, 1.54) is 23.5 Å². The SMILES string of the molecule is CN(C)[C@@H]1CCN(c2ccc(N3CCc4cc(-c5ccc(C(F)(F)F)cc5)sc4C3=O)cn2)C1. The lowest BCUT2D eigenvalue weighted by molar-refractivity contribution is -0.137. The number of carbonyl (C=O) groups excluding carboxylic acids is 1. The highest BCUT2D eigenvalue weighted by Gasteiger charge is 2.31. The van der Waals surface area contributed by atoms with E-state index in [1.807, 2.05) is 18.2 Å². The number of likely N-dealkylation sites (N-methyl/N-ethyl adjacent to an activating group) is 1. The number of halogens is 3. The van der Waals surface area contributed by atoms with Crippen LogP contribution < -0.4 is 9.80 Å². The lowest BCUT2D eigenvalue weighted by Crippen LogP contribution is -2.36. The second-order valence-electron chi connectivity index (χ2n) is 8.97. The number of hydrogen-bond donors (Lipinski definition) is 0. The van der Waals surface area contributed by atoms with Gasteiger partial charge in [-0.2, -0.15) is 13.2 Å². The summed E-state index contributed by atoms with van der Waals surface area (Å²) in [5, 5.41) is 0. The minimum atomic E-state index is -4.36. The number of aromatic nitrogens is 1. The number of hydrogen-bond acceptors (Lipinski definition) is 5. The Morgan fingerprint density at radius 2 is 1.85 bits per heavy atom. The highest BCUT2D eigenvalue weighted by Crippen LogP contribution is 2.37. The number of thiophene rings is 1. The Morgan fingerprint density at radius 1 is 1.09 bits per heavy atom. The quantitative estimate of drug-likeness (QED) is 0.510. The van der Waals surface area contributed by atoms with Gasteiger partial charge in [0.2, 0.25) is 0 Å². The molecule has 0 unspecified atom stereocenters. The second-order valence-corrected chi connectivity index (χ2v) is 10.0. The van der Waals surface area contributed by atoms with Gasteiger partial charge in [0.05, 0.1) is 22.3 Å². The van der Waals surface area contributed by atoms with Crippen molar-refractivity contribution in [2.75, 3.05) is 43.5 Å². The standard InChI is InChI=1S/C25H25F3N4OS/c1-30(2)20-10-11-31(15-20)22-8-7-19(14-29-22)32-12-9-17-13-21(34-23(17)24(32)33)16-3-5-18(6-4-16)25(26,27)28/h3-8,13-14,20H,9-12,15H2,1-2H3/t20-/m1/s1. The topological polar surface area (TPSA) is 39.7 Å². The van der Waals surface area contributed by atoms with Gasteiger partial charge in [-0.25, -0.2) is 4.98 Å². The molecule has 9 heteroatoms. The Bertz CT molecular complexity index is 1190. The van der Waals surface area contributed by atoms with Crippen molar-refractivity contribution in [2.24, 2.45) is 0 Å². The molecule has 0 N–H and O–H groups in total. The van der Waals surface area contributed by atoms with Crippen LogP contribution in [0, 0.1) is 0 Å². The van der Waals surface area contributed by atoms with Crippen molar-refractivity contribution in [3.63, 3.8) is 0 Å². The highest BCUT2D eigenvalue weighted by molar-refractivity contribution is 7.17. The summed E-state index contributed by atoms with van der Waals surface area (Å²) in [6.07, 6.45) is -0.818. The van der Waals surface area contributed by atoms with Crippen molar-refractivity contribution in [3.05, 3.63) is 64.7 Å². The van der Waals surface area contributed by atoms with E-state index in [9.17, 15) is 18.0 Å². The van der Waals surface area contributed by atoms with Crippen LogP contribution in [0.1, 0.15) is 27.2 Å². The van der Waals surface area contributed by atoms with Gasteiger partial charge in [-0.1, -0.05) is 12.1 Å². The summed E-state index contributed by atoms with van der Waals surface area (Å²) in [5.41, 5.74) is 1.70. The van der Waals surface area contributed by atoms with Crippen molar-refractivity contribution in [1.82, 2.24) is 9.88 Å². The van der Waals surface area contributed by atoms with E-state index in [0.29, 0.717) is 29.4 Å². The summed E-state index contributed by atoms with van der Waals surface area (Å²) in [4.78, 5) is 25.5. The molecule has 1 amide bonds. The van der Waals surface area contributed by atoms with E-state index in [2.05, 4.69) is 28.9 Å². The summed E-state index contributed by atoms with van der Waals surface area (Å²) in [7, 11) is 4.18. The molecule has 2 aromatic heterocycles. The maximum absolute atomic E-state index is 13.3. The van der Waals surface area contributed by atoms with E-state index in [1.54, 1.807) is 11.1 Å². The molecule has 0 bridgehead atoms. The summed E-state index contributed by atoms with van der Waals surface area (Å²) in [6.45, 7) is 2.44. The molecule has 0 aliphatic carbocycles. The van der Waals surface area contributed by atoms with Crippen LogP contribution in [0.3, 0.4) is 0 Å². The zero-order valence-corrected chi connectivity index (χ0v) is 19.8. The smallest absolute Gasteiger partial charge is 0.355 e. The first-order chi connectivity index (χ1) is 16.2. The van der Waals surface area contributed by atoms with Gasteiger partial charge in [0.1, 0.15) is 5.82 Å². The minimum Gasteiger partial charge on any atom is -0.355 e. The molecule has 2 aliphatic rings. The first-order valence-electron chi connectivity index (χ1n) is 11.2. The predicted molar refractivity (Wildman–Crippen MR) is 129 cm³/mol. The van der Waals surface area contributed by atoms with E-state index in [-0.39, 0.29) is 5.91 Å². The maximum Gasteiger partial charge on any atom is 0.416 e. The van der Waals surface area contributed by atoms with Crippen LogP contribution in [0.15, 0.2) is 48.7 Å². The normalized spacial score (nSPS) is 18.6. The van der Waals surface area contributed by atoms with E-state index in [0.717, 1.165) is 53.6 Å². The highest BCUT2D eigenvalue weighted by atomic mass is 32.1. The minimum absolute atomic E-state index is 0.0900. The molecule has 4 heterocycles. The first-order valence-corrected chi connectivity index (χ1v) is 12.0. The molecule has 1 atom stereocenters. The molecule has 1 aromatic carbocycles. The number of carbonyl (C=O) groups is 1. The number of pyridine rings is 1. The van der Waals surface area contributed by atoms with Crippen molar-refractivity contribution in [3.8, 4) is 10.4 Å². The van der Waals surface area contributed by atoms with Crippen LogP contribution in [0.4, 0.5) is 24.7 Å². The summed E-state index contributed by atoms with van der Waals surface area (Å²) in [6, 6.07) is 11.4. The van der Waals surface area contributed by atoms with Crippen molar-refractivity contribution < 1.29 is 18.0 Å². The monoisotopic (exact) mass is 486 g/mol. The van der Waals surface area contributed by atoms with Crippen LogP contribution in [-0.2, 0) is 12.6 Å². The van der Waals surface area contributed by atoms with Gasteiger partial charge in [0.25, 0.3) is 5.91 Å². The predicted octanol–water partition coefficient (Wildman–Crippen LogP) is 5.17. The Balaban J connectivity index is 1.32. The molecule has 5 rings (SSSR count). The third-order valence-electron chi connectivity index (χ3n) is 6.61. The molecule has 1 saturated heterocycles. The third-order valence-corrected chi connectivity index (χ3v) is 7.83. The molecule has 3 aromatic rings. The summed E-state index contributed by atoms with van der Waals surface area (Å²) >= 11 is 1.33. The van der Waals surface area contributed by atoms with Crippen LogP contribution in [-0.4, -0.2) is 55.6 Å². The lowest BCUT2D eigenvalue weighted by Gasteiger charge is -2.27. The van der Waals surface area contributed by atoms with Crippen LogP contribution in [0.25, 0.3) is 10.4 Å².